The van der Waals surface area contributed by atoms with Crippen LogP contribution < -0.4 is 11.1 Å². The van der Waals surface area contributed by atoms with Gasteiger partial charge in [-0.25, -0.2) is 0 Å². The van der Waals surface area contributed by atoms with E-state index in [1.54, 1.807) is 0 Å². The van der Waals surface area contributed by atoms with Crippen LogP contribution in [0, 0.1) is 11.8 Å². The van der Waals surface area contributed by atoms with Gasteiger partial charge in [0.2, 0.25) is 5.91 Å². The molecule has 3 N–H and O–H groups in total. The van der Waals surface area contributed by atoms with E-state index in [-0.39, 0.29) is 11.8 Å². The highest BCUT2D eigenvalue weighted by molar-refractivity contribution is 5.78. The zero-order chi connectivity index (χ0) is 11.7. The summed E-state index contributed by atoms with van der Waals surface area (Å²) in [6, 6.07) is 0. The van der Waals surface area contributed by atoms with Gasteiger partial charge in [-0.3, -0.25) is 4.79 Å². The summed E-state index contributed by atoms with van der Waals surface area (Å²) in [4.78, 5) is 11.5. The molecule has 3 heteroatoms. The van der Waals surface area contributed by atoms with Crippen molar-refractivity contribution in [2.75, 3.05) is 13.1 Å². The summed E-state index contributed by atoms with van der Waals surface area (Å²) in [5.41, 5.74) is 5.40. The summed E-state index contributed by atoms with van der Waals surface area (Å²) < 4.78 is 0. The normalized spacial score (nSPS) is 12.9. The standard InChI is InChI=1S/C12H26N2O/c1-10(2)6-4-5-9-14-12(15)11(3)7-8-13/h10-11H,4-9,13H2,1-3H3,(H,14,15). The summed E-state index contributed by atoms with van der Waals surface area (Å²) in [7, 11) is 0. The van der Waals surface area contributed by atoms with Crippen molar-refractivity contribution >= 4 is 5.91 Å². The predicted octanol–water partition coefficient (Wildman–Crippen LogP) is 1.91. The lowest BCUT2D eigenvalue weighted by molar-refractivity contribution is -0.124. The Kier molecular flexibility index (Phi) is 8.38. The van der Waals surface area contributed by atoms with Gasteiger partial charge in [0.15, 0.2) is 0 Å². The van der Waals surface area contributed by atoms with E-state index < -0.39 is 0 Å². The van der Waals surface area contributed by atoms with E-state index in [9.17, 15) is 4.79 Å². The highest BCUT2D eigenvalue weighted by Crippen LogP contribution is 2.05. The Labute approximate surface area is 93.8 Å². The van der Waals surface area contributed by atoms with Crippen molar-refractivity contribution in [2.45, 2.75) is 46.5 Å². The number of carbonyl (C=O) groups is 1. The maximum atomic E-state index is 11.5. The number of hydrogen-bond acceptors (Lipinski definition) is 2. The highest BCUT2D eigenvalue weighted by atomic mass is 16.1. The lowest BCUT2D eigenvalue weighted by atomic mass is 10.1. The van der Waals surface area contributed by atoms with Crippen LogP contribution in [0.25, 0.3) is 0 Å². The molecular formula is C12H26N2O. The van der Waals surface area contributed by atoms with E-state index in [1.807, 2.05) is 6.92 Å². The average Bonchev–Trinajstić information content (AvgIpc) is 2.16. The highest BCUT2D eigenvalue weighted by Gasteiger charge is 2.10. The topological polar surface area (TPSA) is 55.1 Å². The van der Waals surface area contributed by atoms with Crippen LogP contribution in [0.2, 0.25) is 0 Å². The van der Waals surface area contributed by atoms with E-state index >= 15 is 0 Å². The third kappa shape index (κ3) is 8.43. The van der Waals surface area contributed by atoms with Gasteiger partial charge in [0.1, 0.15) is 0 Å². The van der Waals surface area contributed by atoms with Gasteiger partial charge in [-0.2, -0.15) is 0 Å². The SMILES string of the molecule is CC(C)CCCCNC(=O)C(C)CCN. The van der Waals surface area contributed by atoms with Crippen LogP contribution >= 0.6 is 0 Å². The third-order valence-electron chi connectivity index (χ3n) is 2.55. The van der Waals surface area contributed by atoms with Crippen LogP contribution in [0.5, 0.6) is 0 Å². The molecule has 0 aromatic rings. The number of hydrogen-bond donors (Lipinski definition) is 2. The Hall–Kier alpha value is -0.570. The van der Waals surface area contributed by atoms with E-state index in [0.29, 0.717) is 6.54 Å². The van der Waals surface area contributed by atoms with E-state index in [2.05, 4.69) is 19.2 Å². The van der Waals surface area contributed by atoms with Gasteiger partial charge in [-0.05, 0) is 25.3 Å². The first-order chi connectivity index (χ1) is 7.07. The molecule has 1 amide bonds. The number of nitrogens with one attached hydrogen (secondary N) is 1. The molecule has 0 rings (SSSR count). The largest absolute Gasteiger partial charge is 0.356 e. The molecule has 0 aliphatic carbocycles. The van der Waals surface area contributed by atoms with Crippen LogP contribution in [-0.4, -0.2) is 19.0 Å². The molecule has 3 nitrogen and oxygen atoms in total. The third-order valence-corrected chi connectivity index (χ3v) is 2.55. The minimum Gasteiger partial charge on any atom is -0.356 e. The zero-order valence-electron chi connectivity index (χ0n) is 10.4. The number of unbranched alkanes of at least 4 members (excludes halogenated alkanes) is 1. The molecule has 1 atom stereocenters. The fraction of sp³-hybridized carbons (Fsp3) is 0.917. The van der Waals surface area contributed by atoms with Gasteiger partial charge in [0, 0.05) is 12.5 Å². The zero-order valence-corrected chi connectivity index (χ0v) is 10.4. The quantitative estimate of drug-likeness (QED) is 0.606. The van der Waals surface area contributed by atoms with Crippen LogP contribution in [0.4, 0.5) is 0 Å². The molecular weight excluding hydrogens is 188 g/mol. The Bertz CT molecular complexity index is 169. The van der Waals surface area contributed by atoms with Gasteiger partial charge in [-0.1, -0.05) is 33.6 Å². The summed E-state index contributed by atoms with van der Waals surface area (Å²) >= 11 is 0. The number of nitrogens with two attached hydrogens (primary N) is 1. The molecule has 0 fully saturated rings. The molecule has 0 saturated heterocycles. The fourth-order valence-electron chi connectivity index (χ4n) is 1.44. The number of rotatable bonds is 8. The van der Waals surface area contributed by atoms with Crippen molar-refractivity contribution in [3.8, 4) is 0 Å². The molecule has 0 aliphatic rings. The molecule has 0 heterocycles. The van der Waals surface area contributed by atoms with Gasteiger partial charge >= 0.3 is 0 Å². The van der Waals surface area contributed by atoms with E-state index in [4.69, 9.17) is 5.73 Å². The fourth-order valence-corrected chi connectivity index (χ4v) is 1.44. The molecule has 0 aromatic carbocycles. The predicted molar refractivity (Wildman–Crippen MR) is 64.5 cm³/mol. The molecule has 90 valence electrons. The summed E-state index contributed by atoms with van der Waals surface area (Å²) in [5, 5.41) is 2.95. The number of amides is 1. The van der Waals surface area contributed by atoms with Crippen molar-refractivity contribution in [3.63, 3.8) is 0 Å². The second-order valence-corrected chi connectivity index (χ2v) is 4.66. The van der Waals surface area contributed by atoms with Crippen LogP contribution in [-0.2, 0) is 4.79 Å². The molecule has 0 aliphatic heterocycles. The molecule has 0 aromatic heterocycles. The first kappa shape index (κ1) is 14.4. The average molecular weight is 214 g/mol. The van der Waals surface area contributed by atoms with Crippen molar-refractivity contribution in [1.29, 1.82) is 0 Å². The second-order valence-electron chi connectivity index (χ2n) is 4.66. The van der Waals surface area contributed by atoms with E-state index in [0.717, 1.165) is 25.3 Å². The smallest absolute Gasteiger partial charge is 0.222 e. The van der Waals surface area contributed by atoms with Gasteiger partial charge < -0.3 is 11.1 Å². The van der Waals surface area contributed by atoms with Crippen LogP contribution in [0.15, 0.2) is 0 Å². The Morgan fingerprint density at radius 3 is 2.40 bits per heavy atom. The minimum absolute atomic E-state index is 0.0556. The second kappa shape index (κ2) is 8.72. The van der Waals surface area contributed by atoms with Crippen molar-refractivity contribution in [3.05, 3.63) is 0 Å². The summed E-state index contributed by atoms with van der Waals surface area (Å²) in [6.07, 6.45) is 4.30. The van der Waals surface area contributed by atoms with Crippen LogP contribution in [0.3, 0.4) is 0 Å². The Balaban J connectivity index is 3.38. The lowest BCUT2D eigenvalue weighted by Gasteiger charge is -2.11. The summed E-state index contributed by atoms with van der Waals surface area (Å²) in [5.74, 6) is 0.960. The molecule has 15 heavy (non-hydrogen) atoms. The van der Waals surface area contributed by atoms with Gasteiger partial charge in [0.05, 0.1) is 0 Å². The van der Waals surface area contributed by atoms with Gasteiger partial charge in [-0.15, -0.1) is 0 Å². The van der Waals surface area contributed by atoms with E-state index in [1.165, 1.54) is 12.8 Å². The first-order valence-electron chi connectivity index (χ1n) is 6.05. The van der Waals surface area contributed by atoms with Crippen molar-refractivity contribution in [2.24, 2.45) is 17.6 Å². The maximum Gasteiger partial charge on any atom is 0.222 e. The Morgan fingerprint density at radius 1 is 1.20 bits per heavy atom. The molecule has 0 saturated carbocycles. The van der Waals surface area contributed by atoms with Crippen LogP contribution in [0.1, 0.15) is 46.5 Å². The monoisotopic (exact) mass is 214 g/mol. The molecule has 1 unspecified atom stereocenters. The van der Waals surface area contributed by atoms with Crippen molar-refractivity contribution in [1.82, 2.24) is 5.32 Å². The first-order valence-corrected chi connectivity index (χ1v) is 6.05. The molecule has 0 radical (unpaired) electrons. The number of carbonyl (C=O) groups excluding carboxylic acids is 1. The van der Waals surface area contributed by atoms with Gasteiger partial charge in [0.25, 0.3) is 0 Å². The molecule has 0 spiro atoms. The summed E-state index contributed by atoms with van der Waals surface area (Å²) in [6.45, 7) is 7.77. The molecule has 0 bridgehead atoms. The maximum absolute atomic E-state index is 11.5. The van der Waals surface area contributed by atoms with Crippen molar-refractivity contribution < 1.29 is 4.79 Å². The minimum atomic E-state index is 0.0556. The Morgan fingerprint density at radius 2 is 1.87 bits per heavy atom. The lowest BCUT2D eigenvalue weighted by Crippen LogP contribution is -2.31.